The van der Waals surface area contributed by atoms with Crippen LogP contribution in [0.1, 0.15) is 53.4 Å². The molecule has 1 unspecified atom stereocenters. The maximum atomic E-state index is 10.9. The fourth-order valence-corrected chi connectivity index (χ4v) is 2.97. The average molecular weight is 261 g/mol. The van der Waals surface area contributed by atoms with Crippen LogP contribution in [0.4, 0.5) is 0 Å². The number of hydrogen-bond donors (Lipinski definition) is 2. The van der Waals surface area contributed by atoms with E-state index in [1.54, 1.807) is 11.8 Å². The summed E-state index contributed by atoms with van der Waals surface area (Å²) in [6.45, 7) is 8.24. The van der Waals surface area contributed by atoms with Crippen molar-refractivity contribution in [1.82, 2.24) is 0 Å². The van der Waals surface area contributed by atoms with Gasteiger partial charge in [-0.2, -0.15) is 11.8 Å². The molecule has 0 fully saturated rings. The topological polar surface area (TPSA) is 63.3 Å². The van der Waals surface area contributed by atoms with Gasteiger partial charge in [-0.05, 0) is 31.9 Å². The first-order chi connectivity index (χ1) is 7.85. The largest absolute Gasteiger partial charge is 0.480 e. The first-order valence-corrected chi connectivity index (χ1v) is 7.46. The van der Waals surface area contributed by atoms with E-state index in [0.29, 0.717) is 5.92 Å². The van der Waals surface area contributed by atoms with Crippen molar-refractivity contribution in [3.8, 4) is 0 Å². The zero-order chi connectivity index (χ0) is 13.5. The molecular weight excluding hydrogens is 234 g/mol. The van der Waals surface area contributed by atoms with Crippen LogP contribution in [-0.4, -0.2) is 27.6 Å². The second-order valence-corrected chi connectivity index (χ2v) is 6.82. The van der Waals surface area contributed by atoms with Crippen LogP contribution in [-0.2, 0) is 4.79 Å². The third-order valence-corrected chi connectivity index (χ3v) is 4.89. The molecule has 17 heavy (non-hydrogen) atoms. The van der Waals surface area contributed by atoms with Crippen molar-refractivity contribution in [3.05, 3.63) is 0 Å². The molecule has 4 heteroatoms. The molecule has 3 N–H and O–H groups in total. The third-order valence-electron chi connectivity index (χ3n) is 3.25. The molecule has 0 aliphatic carbocycles. The molecule has 0 rings (SSSR count). The molecule has 0 aromatic carbocycles. The molecule has 0 heterocycles. The van der Waals surface area contributed by atoms with Crippen LogP contribution in [0.3, 0.4) is 0 Å². The van der Waals surface area contributed by atoms with Crippen molar-refractivity contribution >= 4 is 17.7 Å². The smallest absolute Gasteiger partial charge is 0.321 e. The zero-order valence-electron chi connectivity index (χ0n) is 11.5. The van der Waals surface area contributed by atoms with Crippen LogP contribution in [0.15, 0.2) is 0 Å². The van der Waals surface area contributed by atoms with Crippen molar-refractivity contribution in [2.45, 2.75) is 64.2 Å². The molecule has 0 amide bonds. The number of carbonyl (C=O) groups is 1. The Bertz CT molecular complexity index is 231. The standard InChI is InChI=1S/C13H27NO2S/c1-5-7-8-10(6-2)9-17-13(3,4)11(14)12(15)16/h10-11H,5-9,14H2,1-4H3,(H,15,16)/t10?,11-/m0/s1. The average Bonchev–Trinajstić information content (AvgIpc) is 2.28. The third kappa shape index (κ3) is 6.32. The normalized spacial score (nSPS) is 15.6. The van der Waals surface area contributed by atoms with E-state index < -0.39 is 16.8 Å². The predicted molar refractivity (Wildman–Crippen MR) is 75.5 cm³/mol. The molecular formula is C13H27NO2S. The number of rotatable bonds is 9. The van der Waals surface area contributed by atoms with Gasteiger partial charge in [-0.15, -0.1) is 0 Å². The summed E-state index contributed by atoms with van der Waals surface area (Å²) in [6.07, 6.45) is 4.87. The van der Waals surface area contributed by atoms with Crippen molar-refractivity contribution in [1.29, 1.82) is 0 Å². The van der Waals surface area contributed by atoms with Crippen molar-refractivity contribution in [2.24, 2.45) is 11.7 Å². The number of thioether (sulfide) groups is 1. The van der Waals surface area contributed by atoms with Gasteiger partial charge in [0.2, 0.25) is 0 Å². The molecule has 0 aromatic heterocycles. The molecule has 0 bridgehead atoms. The van der Waals surface area contributed by atoms with Gasteiger partial charge in [0.15, 0.2) is 0 Å². The monoisotopic (exact) mass is 261 g/mol. The van der Waals surface area contributed by atoms with E-state index in [9.17, 15) is 4.79 Å². The second kappa shape index (κ2) is 7.98. The molecule has 0 radical (unpaired) electrons. The lowest BCUT2D eigenvalue weighted by Crippen LogP contribution is -2.47. The summed E-state index contributed by atoms with van der Waals surface area (Å²) >= 11 is 1.69. The Kier molecular flexibility index (Phi) is 7.88. The molecule has 3 nitrogen and oxygen atoms in total. The van der Waals surface area contributed by atoms with Gasteiger partial charge in [-0.1, -0.05) is 33.1 Å². The fraction of sp³-hybridized carbons (Fsp3) is 0.923. The van der Waals surface area contributed by atoms with E-state index >= 15 is 0 Å². The quantitative estimate of drug-likeness (QED) is 0.669. The molecule has 0 saturated heterocycles. The highest BCUT2D eigenvalue weighted by Gasteiger charge is 2.32. The van der Waals surface area contributed by atoms with Crippen LogP contribution in [0, 0.1) is 5.92 Å². The SMILES string of the molecule is CCCCC(CC)CSC(C)(C)[C@@H](N)C(=O)O. The minimum absolute atomic E-state index is 0.397. The van der Waals surface area contributed by atoms with Crippen molar-refractivity contribution in [2.75, 3.05) is 5.75 Å². The highest BCUT2D eigenvalue weighted by Crippen LogP contribution is 2.31. The van der Waals surface area contributed by atoms with Crippen LogP contribution in [0.5, 0.6) is 0 Å². The summed E-state index contributed by atoms with van der Waals surface area (Å²) < 4.78 is -0.397. The highest BCUT2D eigenvalue weighted by atomic mass is 32.2. The maximum absolute atomic E-state index is 10.9. The van der Waals surface area contributed by atoms with Gasteiger partial charge in [0.1, 0.15) is 6.04 Å². The van der Waals surface area contributed by atoms with E-state index in [1.807, 2.05) is 13.8 Å². The lowest BCUT2D eigenvalue weighted by molar-refractivity contribution is -0.139. The first kappa shape index (κ1) is 16.8. The molecule has 0 aliphatic rings. The molecule has 0 aliphatic heterocycles. The van der Waals surface area contributed by atoms with Gasteiger partial charge in [-0.3, -0.25) is 4.79 Å². The number of nitrogens with two attached hydrogens (primary N) is 1. The number of carboxylic acids is 1. The van der Waals surface area contributed by atoms with E-state index in [-0.39, 0.29) is 0 Å². The van der Waals surface area contributed by atoms with Gasteiger partial charge < -0.3 is 10.8 Å². The first-order valence-electron chi connectivity index (χ1n) is 6.47. The van der Waals surface area contributed by atoms with E-state index in [2.05, 4.69) is 13.8 Å². The molecule has 0 spiro atoms. The zero-order valence-corrected chi connectivity index (χ0v) is 12.3. The summed E-state index contributed by atoms with van der Waals surface area (Å²) in [5, 5.41) is 8.94. The highest BCUT2D eigenvalue weighted by molar-refractivity contribution is 8.00. The Hall–Kier alpha value is -0.220. The molecule has 0 saturated carbocycles. The number of aliphatic carboxylic acids is 1. The minimum atomic E-state index is -0.913. The molecule has 102 valence electrons. The Morgan fingerprint density at radius 2 is 2.00 bits per heavy atom. The number of carboxylic acid groups (broad SMARTS) is 1. The Morgan fingerprint density at radius 1 is 1.41 bits per heavy atom. The van der Waals surface area contributed by atoms with E-state index in [0.717, 1.165) is 12.2 Å². The van der Waals surface area contributed by atoms with Crippen molar-refractivity contribution in [3.63, 3.8) is 0 Å². The van der Waals surface area contributed by atoms with E-state index in [1.165, 1.54) is 19.3 Å². The Labute approximate surface area is 110 Å². The van der Waals surface area contributed by atoms with Crippen LogP contribution < -0.4 is 5.73 Å². The Morgan fingerprint density at radius 3 is 2.41 bits per heavy atom. The molecule has 2 atom stereocenters. The second-order valence-electron chi connectivity index (χ2n) is 5.15. The fourth-order valence-electron chi connectivity index (χ4n) is 1.62. The number of hydrogen-bond acceptors (Lipinski definition) is 3. The summed E-state index contributed by atoms with van der Waals surface area (Å²) in [5.41, 5.74) is 5.70. The lowest BCUT2D eigenvalue weighted by Gasteiger charge is -2.29. The Balaban J connectivity index is 4.18. The number of unbranched alkanes of at least 4 members (excludes halogenated alkanes) is 1. The molecule has 0 aromatic rings. The maximum Gasteiger partial charge on any atom is 0.321 e. The summed E-state index contributed by atoms with van der Waals surface area (Å²) in [4.78, 5) is 10.9. The summed E-state index contributed by atoms with van der Waals surface area (Å²) in [5.74, 6) is 0.772. The van der Waals surface area contributed by atoms with Crippen LogP contribution in [0.2, 0.25) is 0 Å². The summed E-state index contributed by atoms with van der Waals surface area (Å²) in [6, 6.07) is -0.795. The van der Waals surface area contributed by atoms with Gasteiger partial charge in [0, 0.05) is 4.75 Å². The van der Waals surface area contributed by atoms with Gasteiger partial charge >= 0.3 is 5.97 Å². The predicted octanol–water partition coefficient (Wildman–Crippen LogP) is 3.13. The van der Waals surface area contributed by atoms with Crippen molar-refractivity contribution < 1.29 is 9.90 Å². The van der Waals surface area contributed by atoms with E-state index in [4.69, 9.17) is 10.8 Å². The lowest BCUT2D eigenvalue weighted by atomic mass is 10.0. The van der Waals surface area contributed by atoms with Gasteiger partial charge in [-0.25, -0.2) is 0 Å². The summed E-state index contributed by atoms with van der Waals surface area (Å²) in [7, 11) is 0. The van der Waals surface area contributed by atoms with Crippen LogP contribution >= 0.6 is 11.8 Å². The van der Waals surface area contributed by atoms with Gasteiger partial charge in [0.25, 0.3) is 0 Å². The van der Waals surface area contributed by atoms with Crippen LogP contribution in [0.25, 0.3) is 0 Å². The minimum Gasteiger partial charge on any atom is -0.480 e. The van der Waals surface area contributed by atoms with Gasteiger partial charge in [0.05, 0.1) is 0 Å².